The van der Waals surface area contributed by atoms with E-state index in [0.29, 0.717) is 16.8 Å². The molecule has 1 heterocycles. The Kier molecular flexibility index (Phi) is 6.17. The van der Waals surface area contributed by atoms with Crippen molar-refractivity contribution >= 4 is 61.2 Å². The summed E-state index contributed by atoms with van der Waals surface area (Å²) < 4.78 is 0. The molecule has 0 aliphatic rings. The third-order valence-electron chi connectivity index (χ3n) is 6.92. The number of aromatic hydroxyl groups is 1. The molecular weight excluding hydrogens is 486 g/mol. The maximum absolute atomic E-state index is 13.5. The highest BCUT2D eigenvalue weighted by molar-refractivity contribution is 6.22. The Morgan fingerprint density at radius 3 is 2.51 bits per heavy atom. The molecular formula is C32H27N5O2. The van der Waals surface area contributed by atoms with Crippen LogP contribution in [0.2, 0.25) is 0 Å². The van der Waals surface area contributed by atoms with E-state index < -0.39 is 5.91 Å². The lowest BCUT2D eigenvalue weighted by molar-refractivity contribution is 0.102. The molecule has 39 heavy (non-hydrogen) atoms. The van der Waals surface area contributed by atoms with E-state index in [9.17, 15) is 9.90 Å². The Labute approximate surface area is 225 Å². The van der Waals surface area contributed by atoms with Crippen molar-refractivity contribution in [1.29, 1.82) is 0 Å². The molecule has 6 rings (SSSR count). The summed E-state index contributed by atoms with van der Waals surface area (Å²) >= 11 is 0. The molecule has 0 radical (unpaired) electrons. The van der Waals surface area contributed by atoms with Crippen molar-refractivity contribution in [2.45, 2.75) is 19.8 Å². The number of hydrogen-bond donors (Lipinski definition) is 4. The topological polar surface area (TPSA) is 116 Å². The number of aromatic amines is 1. The van der Waals surface area contributed by atoms with Crippen LogP contribution in [0.1, 0.15) is 29.3 Å². The number of nitrogens with two attached hydrogens (primary N) is 1. The van der Waals surface area contributed by atoms with Crippen LogP contribution >= 0.6 is 0 Å². The van der Waals surface area contributed by atoms with E-state index in [4.69, 9.17) is 5.73 Å². The van der Waals surface area contributed by atoms with Gasteiger partial charge in [-0.05, 0) is 59.8 Å². The van der Waals surface area contributed by atoms with Crippen molar-refractivity contribution in [1.82, 2.24) is 4.98 Å². The summed E-state index contributed by atoms with van der Waals surface area (Å²) in [6.07, 6.45) is 1.78. The molecule has 7 nitrogen and oxygen atoms in total. The molecule has 5 aromatic carbocycles. The van der Waals surface area contributed by atoms with E-state index in [2.05, 4.69) is 27.5 Å². The minimum Gasteiger partial charge on any atom is -0.505 e. The molecule has 6 aromatic rings. The number of aryl methyl sites for hydroxylation is 1. The highest BCUT2D eigenvalue weighted by Crippen LogP contribution is 2.44. The van der Waals surface area contributed by atoms with Gasteiger partial charge in [-0.15, -0.1) is 5.11 Å². The van der Waals surface area contributed by atoms with E-state index in [-0.39, 0.29) is 17.0 Å². The molecule has 0 fully saturated rings. The zero-order chi connectivity index (χ0) is 26.9. The molecule has 0 unspecified atom stereocenters. The van der Waals surface area contributed by atoms with Crippen LogP contribution in [0.5, 0.6) is 5.75 Å². The van der Waals surface area contributed by atoms with Crippen molar-refractivity contribution in [2.75, 3.05) is 11.1 Å². The first kappa shape index (κ1) is 24.2. The van der Waals surface area contributed by atoms with Crippen LogP contribution in [-0.2, 0) is 6.42 Å². The van der Waals surface area contributed by atoms with E-state index in [0.717, 1.165) is 51.3 Å². The van der Waals surface area contributed by atoms with Gasteiger partial charge in [0.2, 0.25) is 0 Å². The standard InChI is InChI=1S/C32H27N5O2/c1-2-7-19-8-3-5-10-26(19)35-32(39)25-18-20-12-17-24-23-9-4-6-11-27(23)34-29(24)28(20)30(31(25)38)37-36-22-15-13-21(33)14-16-22/h3-6,8-18,34,38H,2,7,33H2,1H3,(H,35,39). The average molecular weight is 514 g/mol. The molecule has 0 atom stereocenters. The number of nitrogens with one attached hydrogen (secondary N) is 2. The number of carbonyl (C=O) groups is 1. The van der Waals surface area contributed by atoms with E-state index in [1.54, 1.807) is 30.3 Å². The summed E-state index contributed by atoms with van der Waals surface area (Å²) in [5, 5.41) is 26.9. The van der Waals surface area contributed by atoms with Crippen LogP contribution in [0.4, 0.5) is 22.7 Å². The largest absolute Gasteiger partial charge is 0.505 e. The number of nitrogens with zero attached hydrogens (tertiary/aromatic N) is 2. The summed E-state index contributed by atoms with van der Waals surface area (Å²) in [4.78, 5) is 17.0. The third kappa shape index (κ3) is 4.44. The number of hydrogen-bond acceptors (Lipinski definition) is 5. The number of rotatable bonds is 6. The average Bonchev–Trinajstić information content (AvgIpc) is 3.33. The Balaban J connectivity index is 1.55. The first-order valence-electron chi connectivity index (χ1n) is 12.9. The molecule has 192 valence electrons. The first-order chi connectivity index (χ1) is 19.0. The number of phenolic OH excluding ortho intramolecular Hbond substituents is 1. The van der Waals surface area contributed by atoms with Crippen LogP contribution in [-0.4, -0.2) is 16.0 Å². The van der Waals surface area contributed by atoms with Crippen molar-refractivity contribution in [2.24, 2.45) is 10.2 Å². The Hall–Kier alpha value is -5.17. The second-order valence-electron chi connectivity index (χ2n) is 9.53. The van der Waals surface area contributed by atoms with Gasteiger partial charge in [0.05, 0.1) is 16.8 Å². The summed E-state index contributed by atoms with van der Waals surface area (Å²) in [5.41, 5.74) is 10.9. The monoisotopic (exact) mass is 513 g/mol. The van der Waals surface area contributed by atoms with Gasteiger partial charge in [-0.3, -0.25) is 4.79 Å². The minimum absolute atomic E-state index is 0.121. The molecule has 1 amide bonds. The molecule has 0 saturated carbocycles. The van der Waals surface area contributed by atoms with Gasteiger partial charge in [-0.1, -0.05) is 61.9 Å². The molecule has 7 heteroatoms. The lowest BCUT2D eigenvalue weighted by Gasteiger charge is -2.14. The number of nitrogen functional groups attached to an aromatic ring is 1. The van der Waals surface area contributed by atoms with Gasteiger partial charge in [0.1, 0.15) is 5.69 Å². The second-order valence-corrected chi connectivity index (χ2v) is 9.53. The number of H-pyrrole nitrogens is 1. The zero-order valence-electron chi connectivity index (χ0n) is 21.4. The summed E-state index contributed by atoms with van der Waals surface area (Å²) in [6, 6.07) is 28.4. The zero-order valence-corrected chi connectivity index (χ0v) is 21.4. The van der Waals surface area contributed by atoms with Crippen LogP contribution < -0.4 is 11.1 Å². The predicted octanol–water partition coefficient (Wildman–Crippen LogP) is 8.38. The Morgan fingerprint density at radius 2 is 1.69 bits per heavy atom. The van der Waals surface area contributed by atoms with Crippen molar-refractivity contribution in [3.05, 3.63) is 102 Å². The third-order valence-corrected chi connectivity index (χ3v) is 6.92. The fourth-order valence-corrected chi connectivity index (χ4v) is 5.02. The number of anilines is 2. The Morgan fingerprint density at radius 1 is 0.923 bits per heavy atom. The van der Waals surface area contributed by atoms with Gasteiger partial charge in [0.25, 0.3) is 5.91 Å². The van der Waals surface area contributed by atoms with Gasteiger partial charge >= 0.3 is 0 Å². The number of azo groups is 1. The highest BCUT2D eigenvalue weighted by Gasteiger charge is 2.22. The predicted molar refractivity (Wildman–Crippen MR) is 158 cm³/mol. The SMILES string of the molecule is CCCc1ccccc1NC(=O)c1cc2ccc3c4ccccc4[nH]c3c2c(N=Nc2ccc(N)cc2)c1O. The first-order valence-corrected chi connectivity index (χ1v) is 12.9. The van der Waals surface area contributed by atoms with E-state index in [1.807, 2.05) is 60.7 Å². The molecule has 0 aliphatic carbocycles. The van der Waals surface area contributed by atoms with Gasteiger partial charge in [-0.25, -0.2) is 0 Å². The number of para-hydroxylation sites is 2. The fourth-order valence-electron chi connectivity index (χ4n) is 5.02. The summed E-state index contributed by atoms with van der Waals surface area (Å²) in [6.45, 7) is 2.09. The maximum Gasteiger partial charge on any atom is 0.259 e. The molecule has 0 spiro atoms. The molecule has 1 aromatic heterocycles. The van der Waals surface area contributed by atoms with Gasteiger partial charge in [0, 0.05) is 33.1 Å². The van der Waals surface area contributed by atoms with Crippen LogP contribution in [0.25, 0.3) is 32.6 Å². The molecule has 0 saturated heterocycles. The number of phenols is 1. The maximum atomic E-state index is 13.5. The normalized spacial score (nSPS) is 11.6. The number of fused-ring (bicyclic) bond motifs is 5. The van der Waals surface area contributed by atoms with Crippen molar-refractivity contribution in [3.63, 3.8) is 0 Å². The number of aromatic nitrogens is 1. The number of amides is 1. The van der Waals surface area contributed by atoms with Gasteiger partial charge < -0.3 is 21.1 Å². The van der Waals surface area contributed by atoms with Crippen LogP contribution in [0, 0.1) is 0 Å². The molecule has 0 bridgehead atoms. The smallest absolute Gasteiger partial charge is 0.259 e. The minimum atomic E-state index is -0.418. The van der Waals surface area contributed by atoms with Crippen molar-refractivity contribution in [3.8, 4) is 5.75 Å². The lowest BCUT2D eigenvalue weighted by atomic mass is 9.99. The van der Waals surface area contributed by atoms with Crippen LogP contribution in [0.3, 0.4) is 0 Å². The number of carbonyl (C=O) groups excluding carboxylic acids is 1. The highest BCUT2D eigenvalue weighted by atomic mass is 16.3. The quantitative estimate of drug-likeness (QED) is 0.132. The van der Waals surface area contributed by atoms with Crippen LogP contribution in [0.15, 0.2) is 101 Å². The Bertz CT molecular complexity index is 1890. The molecule has 5 N–H and O–H groups in total. The number of benzene rings is 5. The van der Waals surface area contributed by atoms with E-state index >= 15 is 0 Å². The van der Waals surface area contributed by atoms with Gasteiger partial charge in [0.15, 0.2) is 5.75 Å². The van der Waals surface area contributed by atoms with Crippen molar-refractivity contribution < 1.29 is 9.90 Å². The summed E-state index contributed by atoms with van der Waals surface area (Å²) in [5.74, 6) is -0.656. The lowest BCUT2D eigenvalue weighted by Crippen LogP contribution is -2.13. The fraction of sp³-hybridized carbons (Fsp3) is 0.0938. The summed E-state index contributed by atoms with van der Waals surface area (Å²) in [7, 11) is 0. The van der Waals surface area contributed by atoms with E-state index in [1.165, 1.54) is 0 Å². The molecule has 0 aliphatic heterocycles. The van der Waals surface area contributed by atoms with Gasteiger partial charge in [-0.2, -0.15) is 5.11 Å². The second kappa shape index (κ2) is 9.95.